The normalized spacial score (nSPS) is 20.4. The zero-order valence-corrected chi connectivity index (χ0v) is 19.5. The third kappa shape index (κ3) is 4.47. The molecule has 0 amide bonds. The Hall–Kier alpha value is -1.18. The van der Waals surface area contributed by atoms with Crippen molar-refractivity contribution in [3.63, 3.8) is 0 Å². The minimum atomic E-state index is -2.96. The molecule has 0 unspecified atom stereocenters. The molecule has 0 aliphatic heterocycles. The molecule has 156 valence electrons. The minimum Gasteiger partial charge on any atom is -0.365 e. The van der Waals surface area contributed by atoms with Gasteiger partial charge in [0.15, 0.2) is 5.82 Å². The summed E-state index contributed by atoms with van der Waals surface area (Å²) in [4.78, 5) is 12.3. The van der Waals surface area contributed by atoms with E-state index in [2.05, 4.69) is 36.2 Å². The van der Waals surface area contributed by atoms with Crippen molar-refractivity contribution in [3.8, 4) is 0 Å². The van der Waals surface area contributed by atoms with E-state index in [0.717, 1.165) is 57.9 Å². The minimum absolute atomic E-state index is 0.218. The molecule has 2 aromatic heterocycles. The lowest BCUT2D eigenvalue weighted by Gasteiger charge is -2.30. The number of fused-ring (bicyclic) bond motifs is 3. The van der Waals surface area contributed by atoms with Crippen LogP contribution in [0, 0.1) is 5.92 Å². The highest BCUT2D eigenvalue weighted by Crippen LogP contribution is 2.50. The maximum Gasteiger partial charge on any atom is 0.330 e. The first-order valence-electron chi connectivity index (χ1n) is 9.52. The number of nitrogens with one attached hydrogen (secondary N) is 2. The quantitative estimate of drug-likeness (QED) is 0.319. The van der Waals surface area contributed by atoms with Crippen LogP contribution in [0.15, 0.2) is 22.7 Å². The predicted molar refractivity (Wildman–Crippen MR) is 120 cm³/mol. The van der Waals surface area contributed by atoms with Crippen LogP contribution in [0.5, 0.6) is 0 Å². The van der Waals surface area contributed by atoms with E-state index in [9.17, 15) is 4.57 Å². The van der Waals surface area contributed by atoms with Gasteiger partial charge in [0.05, 0.1) is 6.16 Å². The third-order valence-corrected chi connectivity index (χ3v) is 8.34. The molecular weight excluding hydrogens is 479 g/mol. The fourth-order valence-electron chi connectivity index (χ4n) is 4.03. The Balaban J connectivity index is 1.52. The van der Waals surface area contributed by atoms with Crippen LogP contribution < -0.4 is 5.32 Å². The van der Waals surface area contributed by atoms with Crippen molar-refractivity contribution in [2.24, 2.45) is 5.92 Å². The van der Waals surface area contributed by atoms with Crippen LogP contribution in [0.2, 0.25) is 5.28 Å². The largest absolute Gasteiger partial charge is 0.365 e. The number of hydrogen-bond donors (Lipinski definition) is 2. The summed E-state index contributed by atoms with van der Waals surface area (Å²) < 4.78 is 23.5. The van der Waals surface area contributed by atoms with Crippen LogP contribution in [0.3, 0.4) is 0 Å². The summed E-state index contributed by atoms with van der Waals surface area (Å²) in [5, 5.41) is 4.76. The smallest absolute Gasteiger partial charge is 0.330 e. The summed E-state index contributed by atoms with van der Waals surface area (Å²) in [6.45, 7) is 0. The van der Waals surface area contributed by atoms with Gasteiger partial charge in [-0.2, -0.15) is 4.98 Å². The maximum atomic E-state index is 12.4. The molecule has 4 rings (SSSR count). The van der Waals surface area contributed by atoms with E-state index in [4.69, 9.17) is 20.6 Å². The van der Waals surface area contributed by atoms with E-state index in [1.54, 1.807) is 0 Å². The molecule has 1 aliphatic carbocycles. The standard InChI is InChI=1S/C19H23BrClN4O3P/c1-27-29(26,28-2)10-11-3-6-13(7-4-11)22-18-17-16(24-19(21)25-18)14-9-12(20)5-8-15(14)23-17/h5,8-9,11,13,23H,3-4,6-7,10H2,1-2H3,(H,22,24,25). The zero-order chi connectivity index (χ0) is 20.6. The molecule has 1 fully saturated rings. The van der Waals surface area contributed by atoms with E-state index < -0.39 is 7.60 Å². The van der Waals surface area contributed by atoms with Crippen LogP contribution in [0.4, 0.5) is 5.82 Å². The fraction of sp³-hybridized carbons (Fsp3) is 0.474. The number of rotatable bonds is 6. The Bertz CT molecular complexity index is 1080. The second-order valence-corrected chi connectivity index (χ2v) is 11.0. The first-order valence-corrected chi connectivity index (χ1v) is 12.4. The van der Waals surface area contributed by atoms with Gasteiger partial charge in [-0.25, -0.2) is 4.98 Å². The summed E-state index contributed by atoms with van der Waals surface area (Å²) in [5.74, 6) is 1.05. The van der Waals surface area contributed by atoms with Gasteiger partial charge < -0.3 is 19.3 Å². The zero-order valence-electron chi connectivity index (χ0n) is 16.2. The number of halogens is 2. The molecule has 0 bridgehead atoms. The number of nitrogens with zero attached hydrogens (tertiary/aromatic N) is 2. The maximum absolute atomic E-state index is 12.4. The van der Waals surface area contributed by atoms with Crippen LogP contribution in [0.1, 0.15) is 25.7 Å². The Morgan fingerprint density at radius 3 is 2.66 bits per heavy atom. The lowest BCUT2D eigenvalue weighted by Crippen LogP contribution is -2.28. The highest BCUT2D eigenvalue weighted by Gasteiger charge is 2.30. The predicted octanol–water partition coefficient (Wildman–Crippen LogP) is 5.98. The van der Waals surface area contributed by atoms with Crippen LogP contribution in [-0.2, 0) is 13.6 Å². The topological polar surface area (TPSA) is 89.1 Å². The summed E-state index contributed by atoms with van der Waals surface area (Å²) in [7, 11) is -0.0735. The lowest BCUT2D eigenvalue weighted by atomic mass is 9.87. The van der Waals surface area contributed by atoms with E-state index in [-0.39, 0.29) is 11.3 Å². The lowest BCUT2D eigenvalue weighted by molar-refractivity contribution is 0.260. The van der Waals surface area contributed by atoms with Crippen molar-refractivity contribution in [2.75, 3.05) is 25.7 Å². The average Bonchev–Trinajstić information content (AvgIpc) is 3.07. The molecule has 29 heavy (non-hydrogen) atoms. The van der Waals surface area contributed by atoms with E-state index in [0.29, 0.717) is 12.1 Å². The van der Waals surface area contributed by atoms with Gasteiger partial charge in [-0.3, -0.25) is 4.57 Å². The number of benzene rings is 1. The molecule has 1 aromatic carbocycles. The van der Waals surface area contributed by atoms with Crippen molar-refractivity contribution >= 4 is 62.9 Å². The Morgan fingerprint density at radius 1 is 1.24 bits per heavy atom. The van der Waals surface area contributed by atoms with E-state index in [1.165, 1.54) is 14.2 Å². The summed E-state index contributed by atoms with van der Waals surface area (Å²) in [5.41, 5.74) is 2.65. The molecule has 0 radical (unpaired) electrons. The highest BCUT2D eigenvalue weighted by atomic mass is 79.9. The number of H-pyrrole nitrogens is 1. The van der Waals surface area contributed by atoms with Gasteiger partial charge in [0.1, 0.15) is 11.0 Å². The van der Waals surface area contributed by atoms with Gasteiger partial charge in [0.2, 0.25) is 5.28 Å². The second-order valence-electron chi connectivity index (χ2n) is 7.40. The first-order chi connectivity index (χ1) is 13.9. The molecule has 2 N–H and O–H groups in total. The molecule has 1 saturated carbocycles. The molecule has 0 saturated heterocycles. The summed E-state index contributed by atoms with van der Waals surface area (Å²) in [6.07, 6.45) is 4.28. The molecule has 7 nitrogen and oxygen atoms in total. The van der Waals surface area contributed by atoms with E-state index in [1.807, 2.05) is 18.2 Å². The Kier molecular flexibility index (Phi) is 6.19. The van der Waals surface area contributed by atoms with Gasteiger partial charge in [-0.05, 0) is 61.4 Å². The van der Waals surface area contributed by atoms with Crippen LogP contribution >= 0.6 is 35.1 Å². The number of aromatic nitrogens is 3. The molecule has 3 aromatic rings. The van der Waals surface area contributed by atoms with Gasteiger partial charge in [0.25, 0.3) is 0 Å². The molecule has 0 spiro atoms. The fourth-order valence-corrected chi connectivity index (χ4v) is 6.00. The second kappa shape index (κ2) is 8.52. The van der Waals surface area contributed by atoms with Gasteiger partial charge in [-0.15, -0.1) is 0 Å². The monoisotopic (exact) mass is 500 g/mol. The highest BCUT2D eigenvalue weighted by molar-refractivity contribution is 9.10. The number of anilines is 1. The van der Waals surface area contributed by atoms with Crippen molar-refractivity contribution in [3.05, 3.63) is 28.0 Å². The van der Waals surface area contributed by atoms with Crippen LogP contribution in [-0.4, -0.2) is 41.4 Å². The summed E-state index contributed by atoms with van der Waals surface area (Å²) >= 11 is 9.73. The Morgan fingerprint density at radius 2 is 1.97 bits per heavy atom. The first kappa shape index (κ1) is 21.1. The van der Waals surface area contributed by atoms with Crippen molar-refractivity contribution in [2.45, 2.75) is 31.7 Å². The van der Waals surface area contributed by atoms with Crippen molar-refractivity contribution in [1.29, 1.82) is 0 Å². The average molecular weight is 502 g/mol. The number of hydrogen-bond acceptors (Lipinski definition) is 6. The molecule has 1 aliphatic rings. The molecular formula is C19H23BrClN4O3P. The van der Waals surface area contributed by atoms with Crippen LogP contribution in [0.25, 0.3) is 21.9 Å². The van der Waals surface area contributed by atoms with E-state index >= 15 is 0 Å². The third-order valence-electron chi connectivity index (χ3n) is 5.60. The molecule has 0 atom stereocenters. The molecule has 10 heteroatoms. The van der Waals surface area contributed by atoms with Crippen molar-refractivity contribution in [1.82, 2.24) is 15.0 Å². The van der Waals surface area contributed by atoms with Gasteiger partial charge in [0, 0.05) is 35.6 Å². The SMILES string of the molecule is COP(=O)(CC1CCC(Nc2nc(Cl)nc3c2[nH]c2ccc(Br)cc23)CC1)OC. The number of aromatic amines is 1. The molecule has 2 heterocycles. The van der Waals surface area contributed by atoms with Gasteiger partial charge >= 0.3 is 7.60 Å². The van der Waals surface area contributed by atoms with Crippen molar-refractivity contribution < 1.29 is 13.6 Å². The Labute approximate surface area is 182 Å². The summed E-state index contributed by atoms with van der Waals surface area (Å²) in [6, 6.07) is 6.28. The van der Waals surface area contributed by atoms with Gasteiger partial charge in [-0.1, -0.05) is 15.9 Å².